The third-order valence-corrected chi connectivity index (χ3v) is 12.8. The average molecular weight is 507 g/mol. The third kappa shape index (κ3) is 8.04. The summed E-state index contributed by atoms with van der Waals surface area (Å²) in [5.74, 6) is 0.0459. The van der Waals surface area contributed by atoms with Gasteiger partial charge in [0.05, 0.1) is 6.10 Å². The van der Waals surface area contributed by atoms with Gasteiger partial charge in [-0.05, 0) is 48.2 Å². The Hall–Kier alpha value is -0.303. The number of carbonyl (C=O) groups excluding carboxylic acids is 1. The van der Waals surface area contributed by atoms with Gasteiger partial charge >= 0.3 is 7.60 Å². The zero-order valence-electron chi connectivity index (χ0n) is 18.6. The number of rotatable bonds is 14. The minimum atomic E-state index is -3.31. The number of benzene rings is 1. The van der Waals surface area contributed by atoms with Crippen molar-refractivity contribution in [3.63, 3.8) is 0 Å². The van der Waals surface area contributed by atoms with Gasteiger partial charge in [0.2, 0.25) is 0 Å². The van der Waals surface area contributed by atoms with Crippen LogP contribution in [0.25, 0.3) is 0 Å². The fraction of sp³-hybridized carbons (Fsp3) is 0.667. The number of halogens is 1. The fourth-order valence-corrected chi connectivity index (χ4v) is 7.64. The van der Waals surface area contributed by atoms with E-state index in [1.807, 2.05) is 12.1 Å². The summed E-state index contributed by atoms with van der Waals surface area (Å²) in [6, 6.07) is 11.5. The highest BCUT2D eigenvalue weighted by atomic mass is 79.9. The summed E-state index contributed by atoms with van der Waals surface area (Å²) in [5, 5.41) is 0. The Bertz CT molecular complexity index is 662. The maximum Gasteiger partial charge on any atom is 0.337 e. The first-order valence-corrected chi connectivity index (χ1v) is 15.4. The maximum absolute atomic E-state index is 12.4. The number of hydrogen-bond acceptors (Lipinski definition) is 5. The molecule has 0 bridgehead atoms. The first-order chi connectivity index (χ1) is 13.7. The molecule has 0 N–H and O–H groups in total. The van der Waals surface area contributed by atoms with E-state index in [1.165, 1.54) is 14.2 Å². The molecule has 2 atom stereocenters. The van der Waals surface area contributed by atoms with Gasteiger partial charge < -0.3 is 13.5 Å². The summed E-state index contributed by atoms with van der Waals surface area (Å²) in [6.07, 6.45) is 0.745. The molecule has 1 aromatic rings. The van der Waals surface area contributed by atoms with Crippen LogP contribution in [0, 0.1) is 5.92 Å². The molecule has 0 aliphatic carbocycles. The molecule has 0 unspecified atom stereocenters. The second-order valence-corrected chi connectivity index (χ2v) is 15.4. The molecule has 5 nitrogen and oxygen atoms in total. The summed E-state index contributed by atoms with van der Waals surface area (Å²) in [7, 11) is -2.52. The molecule has 1 aromatic carbocycles. The normalized spacial score (nSPS) is 14.6. The Labute approximate surface area is 185 Å². The van der Waals surface area contributed by atoms with Gasteiger partial charge in [0, 0.05) is 25.1 Å². The van der Waals surface area contributed by atoms with E-state index in [1.54, 1.807) is 0 Å². The maximum atomic E-state index is 12.4. The molecular formula is C21H36BrO5PSi. The van der Waals surface area contributed by atoms with Crippen molar-refractivity contribution in [3.05, 3.63) is 34.3 Å². The molecule has 0 saturated heterocycles. The van der Waals surface area contributed by atoms with E-state index in [4.69, 9.17) is 13.5 Å². The molecule has 29 heavy (non-hydrogen) atoms. The van der Waals surface area contributed by atoms with Crippen molar-refractivity contribution in [2.75, 3.05) is 20.4 Å². The highest BCUT2D eigenvalue weighted by Crippen LogP contribution is 2.46. The Kier molecular flexibility index (Phi) is 11.5. The highest BCUT2D eigenvalue weighted by molar-refractivity contribution is 9.10. The van der Waals surface area contributed by atoms with Crippen LogP contribution < -0.4 is 0 Å². The Morgan fingerprint density at radius 1 is 1.07 bits per heavy atom. The molecule has 0 fully saturated rings. The van der Waals surface area contributed by atoms with Crippen LogP contribution in [0.2, 0.25) is 18.1 Å². The van der Waals surface area contributed by atoms with Gasteiger partial charge in [-0.15, -0.1) is 0 Å². The Balaban J connectivity index is 2.96. The fourth-order valence-electron chi connectivity index (χ4n) is 3.47. The lowest BCUT2D eigenvalue weighted by Crippen LogP contribution is -2.38. The minimum absolute atomic E-state index is 0.0564. The second kappa shape index (κ2) is 12.5. The van der Waals surface area contributed by atoms with Crippen LogP contribution in [0.3, 0.4) is 0 Å². The topological polar surface area (TPSA) is 61.8 Å². The van der Waals surface area contributed by atoms with E-state index in [-0.39, 0.29) is 24.0 Å². The number of carbonyl (C=O) groups is 1. The molecule has 0 aliphatic rings. The molecular weight excluding hydrogens is 471 g/mol. The standard InChI is InChI=1S/C21H36BrO5PSi/c1-7-29(8-2,9-3)27-21(18-11-13-19(22)14-12-18)17(4)10-15-20(23)16-28(24,25-5)26-6/h11-14,17,21H,7-10,15-16H2,1-6H3/t17-,21+/m1/s1. The van der Waals surface area contributed by atoms with Crippen molar-refractivity contribution in [2.45, 2.75) is 64.8 Å². The first kappa shape index (κ1) is 26.7. The molecule has 0 aromatic heterocycles. The van der Waals surface area contributed by atoms with Crippen molar-refractivity contribution >= 4 is 37.6 Å². The predicted molar refractivity (Wildman–Crippen MR) is 125 cm³/mol. The molecule has 8 heteroatoms. The molecule has 0 saturated carbocycles. The minimum Gasteiger partial charge on any atom is -0.410 e. The second-order valence-electron chi connectivity index (χ2n) is 7.52. The van der Waals surface area contributed by atoms with Crippen molar-refractivity contribution in [2.24, 2.45) is 5.92 Å². The zero-order valence-corrected chi connectivity index (χ0v) is 22.1. The number of Topliss-reactive ketones (excluding diaryl/α,β-unsaturated/α-hetero) is 1. The summed E-state index contributed by atoms with van der Waals surface area (Å²) in [4.78, 5) is 12.4. The van der Waals surface area contributed by atoms with Crippen LogP contribution in [0.4, 0.5) is 0 Å². The van der Waals surface area contributed by atoms with E-state index in [0.29, 0.717) is 12.8 Å². The predicted octanol–water partition coefficient (Wildman–Crippen LogP) is 6.98. The van der Waals surface area contributed by atoms with Crippen molar-refractivity contribution in [1.82, 2.24) is 0 Å². The lowest BCUT2D eigenvalue weighted by molar-refractivity contribution is -0.117. The average Bonchev–Trinajstić information content (AvgIpc) is 2.74. The molecule has 0 heterocycles. The lowest BCUT2D eigenvalue weighted by atomic mass is 9.93. The zero-order chi connectivity index (χ0) is 22.1. The Morgan fingerprint density at radius 3 is 2.03 bits per heavy atom. The van der Waals surface area contributed by atoms with E-state index < -0.39 is 15.9 Å². The highest BCUT2D eigenvalue weighted by Gasteiger charge is 2.35. The van der Waals surface area contributed by atoms with Crippen LogP contribution in [0.15, 0.2) is 28.7 Å². The van der Waals surface area contributed by atoms with Crippen LogP contribution in [-0.2, 0) is 22.8 Å². The molecule has 0 spiro atoms. The van der Waals surface area contributed by atoms with Crippen molar-refractivity contribution in [1.29, 1.82) is 0 Å². The van der Waals surface area contributed by atoms with Gasteiger partial charge in [-0.25, -0.2) is 0 Å². The van der Waals surface area contributed by atoms with Crippen LogP contribution in [0.5, 0.6) is 0 Å². The summed E-state index contributed by atoms with van der Waals surface area (Å²) >= 11 is 3.50. The smallest absolute Gasteiger partial charge is 0.337 e. The van der Waals surface area contributed by atoms with Crippen molar-refractivity contribution in [3.8, 4) is 0 Å². The van der Waals surface area contributed by atoms with E-state index in [2.05, 4.69) is 55.8 Å². The van der Waals surface area contributed by atoms with Crippen molar-refractivity contribution < 1.29 is 22.8 Å². The summed E-state index contributed by atoms with van der Waals surface area (Å²) in [5.41, 5.74) is 1.14. The first-order valence-electron chi connectivity index (χ1n) is 10.3. The van der Waals surface area contributed by atoms with Gasteiger partial charge in [-0.1, -0.05) is 55.8 Å². The lowest BCUT2D eigenvalue weighted by Gasteiger charge is -2.36. The largest absolute Gasteiger partial charge is 0.410 e. The van der Waals surface area contributed by atoms with Crippen LogP contribution >= 0.6 is 23.5 Å². The molecule has 0 amide bonds. The van der Waals surface area contributed by atoms with Crippen LogP contribution in [0.1, 0.15) is 52.2 Å². The molecule has 0 radical (unpaired) electrons. The summed E-state index contributed by atoms with van der Waals surface area (Å²) < 4.78 is 29.9. The van der Waals surface area contributed by atoms with Crippen LogP contribution in [-0.4, -0.2) is 34.5 Å². The van der Waals surface area contributed by atoms with Gasteiger partial charge in [0.25, 0.3) is 0 Å². The van der Waals surface area contributed by atoms with Gasteiger partial charge in [-0.2, -0.15) is 0 Å². The molecule has 1 rings (SSSR count). The van der Waals surface area contributed by atoms with Gasteiger partial charge in [-0.3, -0.25) is 9.36 Å². The van der Waals surface area contributed by atoms with E-state index >= 15 is 0 Å². The molecule has 0 aliphatic heterocycles. The van der Waals surface area contributed by atoms with Gasteiger partial charge in [0.1, 0.15) is 11.9 Å². The van der Waals surface area contributed by atoms with E-state index in [0.717, 1.165) is 28.2 Å². The monoisotopic (exact) mass is 506 g/mol. The SMILES string of the molecule is CC[Si](CC)(CC)O[C@H](c1ccc(Br)cc1)[C@H](C)CCC(=O)CP(=O)(OC)OC. The summed E-state index contributed by atoms with van der Waals surface area (Å²) in [6.45, 7) is 8.80. The van der Waals surface area contributed by atoms with E-state index in [9.17, 15) is 9.36 Å². The molecule has 166 valence electrons. The number of hydrogen-bond donors (Lipinski definition) is 0. The Morgan fingerprint density at radius 2 is 1.59 bits per heavy atom. The van der Waals surface area contributed by atoms with Gasteiger partial charge in [0.15, 0.2) is 8.32 Å². The number of ketones is 1. The third-order valence-electron chi connectivity index (χ3n) is 5.83. The quantitative estimate of drug-likeness (QED) is 0.201.